The molecule has 0 bridgehead atoms. The maximum atomic E-state index is 8.75. The zero-order chi connectivity index (χ0) is 9.14. The van der Waals surface area contributed by atoms with Crippen molar-refractivity contribution >= 4 is 18.4 Å². The molecule has 1 heterocycles. The summed E-state index contributed by atoms with van der Waals surface area (Å²) >= 11 is 0. The van der Waals surface area contributed by atoms with Crippen LogP contribution >= 0.6 is 0 Å². The van der Waals surface area contributed by atoms with E-state index in [0.717, 1.165) is 0 Å². The molecule has 0 saturated heterocycles. The Bertz CT molecular complexity index is 279. The molecule has 0 atom stereocenters. The average Bonchev–Trinajstić information content (AvgIpc) is 2.03. The number of ether oxygens (including phenoxy) is 1. The number of rotatable bonds is 2. The van der Waals surface area contributed by atoms with Crippen molar-refractivity contribution in [2.75, 3.05) is 12.8 Å². The summed E-state index contributed by atoms with van der Waals surface area (Å²) in [5, 5.41) is 17.5. The highest BCUT2D eigenvalue weighted by Crippen LogP contribution is 2.08. The van der Waals surface area contributed by atoms with Gasteiger partial charge in [0, 0.05) is 11.8 Å². The molecule has 4 N–H and O–H groups in total. The van der Waals surface area contributed by atoms with Gasteiger partial charge in [-0.1, -0.05) is 0 Å². The molecule has 0 radical (unpaired) electrons. The summed E-state index contributed by atoms with van der Waals surface area (Å²) in [5.74, 6) is 0.262. The minimum absolute atomic E-state index is 0.0758. The molecular formula is C6H9BN2O3. The van der Waals surface area contributed by atoms with Crippen molar-refractivity contribution in [1.82, 2.24) is 4.98 Å². The smallest absolute Gasteiger partial charge is 0.481 e. The van der Waals surface area contributed by atoms with Gasteiger partial charge in [-0.15, -0.1) is 0 Å². The van der Waals surface area contributed by atoms with Gasteiger partial charge in [0.05, 0.1) is 12.7 Å². The highest BCUT2D eigenvalue weighted by atomic mass is 16.5. The van der Waals surface area contributed by atoms with Crippen molar-refractivity contribution < 1.29 is 14.8 Å². The second kappa shape index (κ2) is 3.42. The van der Waals surface area contributed by atoms with Gasteiger partial charge in [0.2, 0.25) is 5.88 Å². The van der Waals surface area contributed by atoms with Gasteiger partial charge in [-0.25, -0.2) is 4.98 Å². The lowest BCUT2D eigenvalue weighted by Gasteiger charge is -2.03. The molecule has 0 unspecified atom stereocenters. The van der Waals surface area contributed by atoms with Gasteiger partial charge < -0.3 is 20.5 Å². The van der Waals surface area contributed by atoms with Gasteiger partial charge in [-0.05, 0) is 6.07 Å². The summed E-state index contributed by atoms with van der Waals surface area (Å²) in [7, 11) is -0.197. The van der Waals surface area contributed by atoms with Gasteiger partial charge in [0.15, 0.2) is 0 Å². The Morgan fingerprint density at radius 1 is 1.50 bits per heavy atom. The number of methoxy groups -OCH3 is 1. The van der Waals surface area contributed by atoms with Crippen LogP contribution in [-0.4, -0.2) is 29.3 Å². The van der Waals surface area contributed by atoms with E-state index in [1.54, 1.807) is 0 Å². The fourth-order valence-corrected chi connectivity index (χ4v) is 0.784. The maximum absolute atomic E-state index is 8.75. The van der Waals surface area contributed by atoms with E-state index in [0.29, 0.717) is 5.69 Å². The van der Waals surface area contributed by atoms with E-state index in [4.69, 9.17) is 20.5 Å². The second-order valence-electron chi connectivity index (χ2n) is 2.24. The van der Waals surface area contributed by atoms with Crippen molar-refractivity contribution in [3.8, 4) is 5.88 Å². The third kappa shape index (κ3) is 1.87. The Labute approximate surface area is 70.0 Å². The Balaban J connectivity index is 3.06. The van der Waals surface area contributed by atoms with Gasteiger partial charge in [-0.2, -0.15) is 0 Å². The lowest BCUT2D eigenvalue weighted by molar-refractivity contribution is 0.395. The van der Waals surface area contributed by atoms with Crippen LogP contribution in [0.25, 0.3) is 0 Å². The van der Waals surface area contributed by atoms with Crippen LogP contribution in [0.15, 0.2) is 12.1 Å². The number of hydrogen-bond donors (Lipinski definition) is 3. The zero-order valence-electron chi connectivity index (χ0n) is 6.56. The molecule has 0 fully saturated rings. The number of aromatic nitrogens is 1. The Kier molecular flexibility index (Phi) is 2.52. The Hall–Kier alpha value is -1.27. The molecule has 0 aromatic carbocycles. The molecule has 0 amide bonds. The third-order valence-electron chi connectivity index (χ3n) is 1.32. The Morgan fingerprint density at radius 2 is 2.17 bits per heavy atom. The lowest BCUT2D eigenvalue weighted by atomic mass is 9.85. The highest BCUT2D eigenvalue weighted by molar-refractivity contribution is 6.57. The molecule has 6 heteroatoms. The zero-order valence-corrected chi connectivity index (χ0v) is 6.56. The summed E-state index contributed by atoms with van der Waals surface area (Å²) in [4.78, 5) is 3.75. The largest absolute Gasteiger partial charge is 0.508 e. The van der Waals surface area contributed by atoms with E-state index in [9.17, 15) is 0 Å². The quantitative estimate of drug-likeness (QED) is 0.460. The van der Waals surface area contributed by atoms with Gasteiger partial charge >= 0.3 is 7.12 Å². The monoisotopic (exact) mass is 168 g/mol. The van der Waals surface area contributed by atoms with Crippen LogP contribution in [-0.2, 0) is 0 Å². The van der Waals surface area contributed by atoms with Crippen molar-refractivity contribution in [3.63, 3.8) is 0 Å². The van der Waals surface area contributed by atoms with E-state index >= 15 is 0 Å². The minimum atomic E-state index is -1.62. The summed E-state index contributed by atoms with van der Waals surface area (Å²) in [5.41, 5.74) is 5.89. The van der Waals surface area contributed by atoms with Crippen molar-refractivity contribution in [2.24, 2.45) is 0 Å². The van der Waals surface area contributed by atoms with Crippen molar-refractivity contribution in [1.29, 1.82) is 0 Å². The number of nitrogens with two attached hydrogens (primary N) is 1. The standard InChI is InChI=1S/C6H9BN2O3/c1-12-6-3-4(8)2-5(9-6)7(10)11/h2-3,10-11H,1H3,(H2,8,9). The third-order valence-corrected chi connectivity index (χ3v) is 1.32. The number of anilines is 1. The molecule has 0 saturated carbocycles. The van der Waals surface area contributed by atoms with E-state index in [-0.39, 0.29) is 11.5 Å². The average molecular weight is 168 g/mol. The maximum Gasteiger partial charge on any atom is 0.508 e. The van der Waals surface area contributed by atoms with Gasteiger partial charge in [-0.3, -0.25) is 0 Å². The molecule has 0 aliphatic heterocycles. The molecule has 1 aromatic heterocycles. The predicted molar refractivity (Wildman–Crippen MR) is 45.0 cm³/mol. The van der Waals surface area contributed by atoms with Gasteiger partial charge in [0.25, 0.3) is 0 Å². The van der Waals surface area contributed by atoms with Crippen LogP contribution < -0.4 is 16.1 Å². The molecule has 0 aliphatic carbocycles. The van der Waals surface area contributed by atoms with Crippen LogP contribution in [0.5, 0.6) is 5.88 Å². The SMILES string of the molecule is COc1cc(N)cc(B(O)O)n1. The second-order valence-corrected chi connectivity index (χ2v) is 2.24. The van der Waals surface area contributed by atoms with Crippen molar-refractivity contribution in [3.05, 3.63) is 12.1 Å². The van der Waals surface area contributed by atoms with Crippen LogP contribution in [0.2, 0.25) is 0 Å². The molecule has 0 aliphatic rings. The van der Waals surface area contributed by atoms with Crippen LogP contribution in [0.4, 0.5) is 5.69 Å². The first-order chi connectivity index (χ1) is 5.63. The van der Waals surface area contributed by atoms with E-state index in [1.807, 2.05) is 0 Å². The molecule has 64 valence electrons. The lowest BCUT2D eigenvalue weighted by Crippen LogP contribution is -2.33. The minimum Gasteiger partial charge on any atom is -0.481 e. The summed E-state index contributed by atoms with van der Waals surface area (Å²) in [6.07, 6.45) is 0. The molecular weight excluding hydrogens is 159 g/mol. The number of nitrogen functional groups attached to an aromatic ring is 1. The fourth-order valence-electron chi connectivity index (χ4n) is 0.784. The predicted octanol–water partition coefficient (Wildman–Crippen LogP) is -1.65. The van der Waals surface area contributed by atoms with Crippen LogP contribution in [0.1, 0.15) is 0 Å². The normalized spacial score (nSPS) is 9.58. The number of nitrogens with zero attached hydrogens (tertiary/aromatic N) is 1. The van der Waals surface area contributed by atoms with E-state index < -0.39 is 7.12 Å². The first-order valence-corrected chi connectivity index (χ1v) is 3.31. The molecule has 1 rings (SSSR count). The number of hydrogen-bond acceptors (Lipinski definition) is 5. The molecule has 12 heavy (non-hydrogen) atoms. The Morgan fingerprint density at radius 3 is 2.67 bits per heavy atom. The molecule has 5 nitrogen and oxygen atoms in total. The topological polar surface area (TPSA) is 88.6 Å². The first kappa shape index (κ1) is 8.83. The summed E-state index contributed by atoms with van der Waals surface area (Å²) in [6, 6.07) is 2.86. The number of pyridine rings is 1. The molecule has 1 aromatic rings. The van der Waals surface area contributed by atoms with Crippen LogP contribution in [0, 0.1) is 0 Å². The summed E-state index contributed by atoms with van der Waals surface area (Å²) in [6.45, 7) is 0. The van der Waals surface area contributed by atoms with E-state index in [1.165, 1.54) is 19.2 Å². The summed E-state index contributed by atoms with van der Waals surface area (Å²) < 4.78 is 4.77. The fraction of sp³-hybridized carbons (Fsp3) is 0.167. The van der Waals surface area contributed by atoms with Gasteiger partial charge in [0.1, 0.15) is 0 Å². The highest BCUT2D eigenvalue weighted by Gasteiger charge is 2.14. The van der Waals surface area contributed by atoms with Crippen molar-refractivity contribution in [2.45, 2.75) is 0 Å². The first-order valence-electron chi connectivity index (χ1n) is 3.31. The van der Waals surface area contributed by atoms with Crippen LogP contribution in [0.3, 0.4) is 0 Å². The molecule has 0 spiro atoms. The van der Waals surface area contributed by atoms with E-state index in [2.05, 4.69) is 4.98 Å².